The highest BCUT2D eigenvalue weighted by atomic mass is 16.1. The third kappa shape index (κ3) is 3.83. The Bertz CT molecular complexity index is 141. The van der Waals surface area contributed by atoms with Crippen molar-refractivity contribution in [3.05, 3.63) is 0 Å². The Labute approximate surface area is 73.9 Å². The molecule has 1 aliphatic rings. The first-order valence-corrected chi connectivity index (χ1v) is 4.72. The Balaban J connectivity index is 2.01. The maximum absolute atomic E-state index is 10.6. The second-order valence-corrected chi connectivity index (χ2v) is 3.43. The van der Waals surface area contributed by atoms with Crippen LogP contribution in [0.3, 0.4) is 0 Å². The molecule has 0 aromatic rings. The van der Waals surface area contributed by atoms with Gasteiger partial charge in [0.15, 0.2) is 0 Å². The van der Waals surface area contributed by atoms with Gasteiger partial charge in [-0.1, -0.05) is 0 Å². The highest BCUT2D eigenvalue weighted by Gasteiger charge is 2.11. The first-order chi connectivity index (χ1) is 5.79. The number of carbonyl (C=O) groups is 1. The van der Waals surface area contributed by atoms with Crippen LogP contribution in [0.4, 0.5) is 0 Å². The van der Waals surface area contributed by atoms with Crippen LogP contribution in [0.5, 0.6) is 0 Å². The van der Waals surface area contributed by atoms with E-state index in [1.54, 1.807) is 6.92 Å². The fourth-order valence-corrected chi connectivity index (χ4v) is 1.48. The third-order valence-electron chi connectivity index (χ3n) is 2.25. The Hall–Kier alpha value is -0.410. The average molecular weight is 170 g/mol. The molecule has 0 radical (unpaired) electrons. The summed E-state index contributed by atoms with van der Waals surface area (Å²) in [6, 6.07) is 0.630. The van der Waals surface area contributed by atoms with E-state index >= 15 is 0 Å². The van der Waals surface area contributed by atoms with Crippen molar-refractivity contribution < 1.29 is 4.79 Å². The van der Waals surface area contributed by atoms with Crippen LogP contribution in [0.1, 0.15) is 26.2 Å². The summed E-state index contributed by atoms with van der Waals surface area (Å²) < 4.78 is 0. The molecule has 1 heterocycles. The molecule has 1 saturated heterocycles. The summed E-state index contributed by atoms with van der Waals surface area (Å²) in [5, 5.41) is 6.70. The van der Waals surface area contributed by atoms with Crippen molar-refractivity contribution in [1.29, 1.82) is 0 Å². The normalized spacial score (nSPS) is 19.4. The number of carbonyl (C=O) groups excluding carboxylic acids is 1. The minimum absolute atomic E-state index is 0.274. The second-order valence-electron chi connectivity index (χ2n) is 3.43. The Morgan fingerprint density at radius 1 is 1.50 bits per heavy atom. The second kappa shape index (κ2) is 5.27. The highest BCUT2D eigenvalue weighted by molar-refractivity contribution is 5.75. The van der Waals surface area contributed by atoms with Crippen LogP contribution in [0.15, 0.2) is 0 Å². The molecule has 1 fully saturated rings. The Morgan fingerprint density at radius 2 is 2.17 bits per heavy atom. The largest absolute Gasteiger partial charge is 0.317 e. The SMILES string of the molecule is CC(=O)CCNC1CCNCC1. The van der Waals surface area contributed by atoms with E-state index in [0.717, 1.165) is 19.6 Å². The van der Waals surface area contributed by atoms with Crippen molar-refractivity contribution in [2.45, 2.75) is 32.2 Å². The lowest BCUT2D eigenvalue weighted by atomic mass is 10.1. The number of hydrogen-bond acceptors (Lipinski definition) is 3. The van der Waals surface area contributed by atoms with Crippen LogP contribution in [-0.2, 0) is 4.79 Å². The summed E-state index contributed by atoms with van der Waals surface area (Å²) in [5.74, 6) is 0.274. The highest BCUT2D eigenvalue weighted by Crippen LogP contribution is 2.01. The molecule has 0 saturated carbocycles. The van der Waals surface area contributed by atoms with Gasteiger partial charge < -0.3 is 10.6 Å². The van der Waals surface area contributed by atoms with Gasteiger partial charge in [-0.25, -0.2) is 0 Å². The molecule has 0 aromatic heterocycles. The summed E-state index contributed by atoms with van der Waals surface area (Å²) in [6.07, 6.45) is 3.06. The van der Waals surface area contributed by atoms with Crippen molar-refractivity contribution in [3.8, 4) is 0 Å². The molecule has 1 aliphatic heterocycles. The standard InChI is InChI=1S/C9H18N2O/c1-8(12)2-7-11-9-3-5-10-6-4-9/h9-11H,2-7H2,1H3. The molecular formula is C9H18N2O. The van der Waals surface area contributed by atoms with Crippen LogP contribution in [-0.4, -0.2) is 31.5 Å². The fraction of sp³-hybridized carbons (Fsp3) is 0.889. The predicted molar refractivity (Wildman–Crippen MR) is 49.2 cm³/mol. The van der Waals surface area contributed by atoms with E-state index < -0.39 is 0 Å². The molecule has 0 amide bonds. The first kappa shape index (κ1) is 9.68. The van der Waals surface area contributed by atoms with Gasteiger partial charge in [0, 0.05) is 19.0 Å². The molecule has 70 valence electrons. The van der Waals surface area contributed by atoms with E-state index in [0.29, 0.717) is 12.5 Å². The molecule has 1 rings (SSSR count). The fourth-order valence-electron chi connectivity index (χ4n) is 1.48. The van der Waals surface area contributed by atoms with Gasteiger partial charge in [0.2, 0.25) is 0 Å². The molecule has 3 nitrogen and oxygen atoms in total. The molecule has 0 aliphatic carbocycles. The smallest absolute Gasteiger partial charge is 0.131 e. The lowest BCUT2D eigenvalue weighted by Crippen LogP contribution is -2.40. The minimum Gasteiger partial charge on any atom is -0.317 e. The third-order valence-corrected chi connectivity index (χ3v) is 2.25. The zero-order valence-corrected chi connectivity index (χ0v) is 7.73. The lowest BCUT2D eigenvalue weighted by molar-refractivity contribution is -0.116. The molecule has 2 N–H and O–H groups in total. The van der Waals surface area contributed by atoms with E-state index in [2.05, 4.69) is 10.6 Å². The molecule has 12 heavy (non-hydrogen) atoms. The van der Waals surface area contributed by atoms with Crippen LogP contribution in [0, 0.1) is 0 Å². The zero-order chi connectivity index (χ0) is 8.81. The minimum atomic E-state index is 0.274. The van der Waals surface area contributed by atoms with Gasteiger partial charge in [0.25, 0.3) is 0 Å². The van der Waals surface area contributed by atoms with Crippen molar-refractivity contribution in [1.82, 2.24) is 10.6 Å². The van der Waals surface area contributed by atoms with Crippen molar-refractivity contribution in [2.24, 2.45) is 0 Å². The maximum Gasteiger partial charge on any atom is 0.131 e. The van der Waals surface area contributed by atoms with E-state index in [1.165, 1.54) is 12.8 Å². The molecular weight excluding hydrogens is 152 g/mol. The van der Waals surface area contributed by atoms with Crippen LogP contribution in [0.25, 0.3) is 0 Å². The van der Waals surface area contributed by atoms with Gasteiger partial charge >= 0.3 is 0 Å². The van der Waals surface area contributed by atoms with Crippen LogP contribution >= 0.6 is 0 Å². The number of Topliss-reactive ketones (excluding diaryl/α,β-unsaturated/α-hetero) is 1. The maximum atomic E-state index is 10.6. The molecule has 0 atom stereocenters. The quantitative estimate of drug-likeness (QED) is 0.638. The molecule has 0 spiro atoms. The number of rotatable bonds is 4. The van der Waals surface area contributed by atoms with E-state index in [4.69, 9.17) is 0 Å². The van der Waals surface area contributed by atoms with Gasteiger partial charge in [-0.2, -0.15) is 0 Å². The number of piperidine rings is 1. The summed E-state index contributed by atoms with van der Waals surface area (Å²) in [5.41, 5.74) is 0. The van der Waals surface area contributed by atoms with Crippen LogP contribution in [0.2, 0.25) is 0 Å². The topological polar surface area (TPSA) is 41.1 Å². The first-order valence-electron chi connectivity index (χ1n) is 4.72. The monoisotopic (exact) mass is 170 g/mol. The number of nitrogens with one attached hydrogen (secondary N) is 2. The molecule has 0 bridgehead atoms. The molecule has 0 aromatic carbocycles. The Morgan fingerprint density at radius 3 is 2.75 bits per heavy atom. The van der Waals surface area contributed by atoms with Gasteiger partial charge in [0.05, 0.1) is 0 Å². The average Bonchev–Trinajstić information content (AvgIpc) is 2.05. The van der Waals surface area contributed by atoms with E-state index in [1.807, 2.05) is 0 Å². The van der Waals surface area contributed by atoms with Gasteiger partial charge in [0.1, 0.15) is 5.78 Å². The van der Waals surface area contributed by atoms with Gasteiger partial charge in [-0.3, -0.25) is 4.79 Å². The van der Waals surface area contributed by atoms with Crippen LogP contribution < -0.4 is 10.6 Å². The van der Waals surface area contributed by atoms with Crippen molar-refractivity contribution in [2.75, 3.05) is 19.6 Å². The predicted octanol–water partition coefficient (Wildman–Crippen LogP) is 0.307. The molecule has 3 heteroatoms. The lowest BCUT2D eigenvalue weighted by Gasteiger charge is -2.23. The number of hydrogen-bond donors (Lipinski definition) is 2. The van der Waals surface area contributed by atoms with Crippen molar-refractivity contribution >= 4 is 5.78 Å². The Kier molecular flexibility index (Phi) is 4.25. The van der Waals surface area contributed by atoms with Gasteiger partial charge in [-0.15, -0.1) is 0 Å². The van der Waals surface area contributed by atoms with E-state index in [9.17, 15) is 4.79 Å². The van der Waals surface area contributed by atoms with Gasteiger partial charge in [-0.05, 0) is 32.9 Å². The van der Waals surface area contributed by atoms with E-state index in [-0.39, 0.29) is 5.78 Å². The summed E-state index contributed by atoms with van der Waals surface area (Å²) in [6.45, 7) is 4.71. The summed E-state index contributed by atoms with van der Waals surface area (Å²) in [7, 11) is 0. The molecule has 0 unspecified atom stereocenters. The zero-order valence-electron chi connectivity index (χ0n) is 7.73. The summed E-state index contributed by atoms with van der Waals surface area (Å²) in [4.78, 5) is 10.6. The van der Waals surface area contributed by atoms with Crippen molar-refractivity contribution in [3.63, 3.8) is 0 Å². The summed E-state index contributed by atoms with van der Waals surface area (Å²) >= 11 is 0. The number of ketones is 1.